The molecule has 0 aromatic heterocycles. The van der Waals surface area contributed by atoms with E-state index >= 15 is 0 Å². The van der Waals surface area contributed by atoms with Gasteiger partial charge in [0.2, 0.25) is 0 Å². The lowest BCUT2D eigenvalue weighted by atomic mass is 10.7. The van der Waals surface area contributed by atoms with Crippen molar-refractivity contribution < 1.29 is 4.74 Å². The third kappa shape index (κ3) is 2.08. The Morgan fingerprint density at radius 3 is 3.11 bits per heavy atom. The molecule has 0 aromatic rings. The molecule has 0 bridgehead atoms. The number of likely N-dealkylation sites (N-methyl/N-ethyl adjacent to an activating group) is 1. The molecular formula is C6H13NOS. The zero-order chi connectivity index (χ0) is 6.69. The molecule has 0 N–H and O–H groups in total. The molecule has 0 amide bonds. The van der Waals surface area contributed by atoms with Gasteiger partial charge in [0.05, 0.1) is 13.2 Å². The largest absolute Gasteiger partial charge is 0.379 e. The van der Waals surface area contributed by atoms with Crippen molar-refractivity contribution in [3.05, 3.63) is 0 Å². The maximum Gasteiger partial charge on any atom is 0.0602 e. The van der Waals surface area contributed by atoms with Crippen LogP contribution in [0.2, 0.25) is 0 Å². The third-order valence-electron chi connectivity index (χ3n) is 1.45. The van der Waals surface area contributed by atoms with E-state index in [2.05, 4.69) is 17.2 Å². The number of ether oxygens (including phenoxy) is 1. The molecule has 1 unspecified atom stereocenters. The van der Waals surface area contributed by atoms with Crippen LogP contribution >= 0.6 is 10.7 Å². The third-order valence-corrected chi connectivity index (χ3v) is 3.16. The van der Waals surface area contributed by atoms with Gasteiger partial charge in [-0.1, -0.05) is 5.87 Å². The molecule has 0 aliphatic carbocycles. The first-order valence-electron chi connectivity index (χ1n) is 3.10. The highest BCUT2D eigenvalue weighted by Gasteiger charge is 2.05. The van der Waals surface area contributed by atoms with Gasteiger partial charge in [0.25, 0.3) is 0 Å². The molecule has 0 saturated carbocycles. The SMILES string of the molecule is C=S1CCOCCN1C. The van der Waals surface area contributed by atoms with Gasteiger partial charge in [-0.2, -0.15) is 0 Å². The second kappa shape index (κ2) is 3.34. The lowest BCUT2D eigenvalue weighted by Gasteiger charge is -2.14. The van der Waals surface area contributed by atoms with E-state index in [-0.39, 0.29) is 10.7 Å². The lowest BCUT2D eigenvalue weighted by Crippen LogP contribution is -2.14. The highest BCUT2D eigenvalue weighted by Crippen LogP contribution is 2.15. The molecule has 0 radical (unpaired) electrons. The normalized spacial score (nSPS) is 31.9. The van der Waals surface area contributed by atoms with Crippen LogP contribution in [0.4, 0.5) is 0 Å². The van der Waals surface area contributed by atoms with Gasteiger partial charge in [0.15, 0.2) is 0 Å². The summed E-state index contributed by atoms with van der Waals surface area (Å²) < 4.78 is 7.52. The van der Waals surface area contributed by atoms with Gasteiger partial charge in [0.1, 0.15) is 0 Å². The average molecular weight is 147 g/mol. The lowest BCUT2D eigenvalue weighted by molar-refractivity contribution is 0.150. The minimum absolute atomic E-state index is 0.206. The van der Waals surface area contributed by atoms with Gasteiger partial charge in [-0.3, -0.25) is 4.31 Å². The van der Waals surface area contributed by atoms with Gasteiger partial charge < -0.3 is 4.74 Å². The first-order valence-corrected chi connectivity index (χ1v) is 4.62. The van der Waals surface area contributed by atoms with Crippen LogP contribution in [0.1, 0.15) is 0 Å². The Kier molecular flexibility index (Phi) is 2.69. The first kappa shape index (κ1) is 7.25. The maximum absolute atomic E-state index is 5.26. The average Bonchev–Trinajstić information content (AvgIpc) is 1.99. The summed E-state index contributed by atoms with van der Waals surface area (Å²) in [5, 5.41) is 0. The minimum atomic E-state index is 0.206. The van der Waals surface area contributed by atoms with E-state index in [4.69, 9.17) is 4.74 Å². The van der Waals surface area contributed by atoms with Crippen molar-refractivity contribution in [3.8, 4) is 0 Å². The van der Waals surface area contributed by atoms with E-state index in [9.17, 15) is 0 Å². The first-order chi connectivity index (χ1) is 4.30. The number of hydrogen-bond donors (Lipinski definition) is 0. The molecule has 54 valence electrons. The fraction of sp³-hybridized carbons (Fsp3) is 0.833. The topological polar surface area (TPSA) is 12.5 Å². The summed E-state index contributed by atoms with van der Waals surface area (Å²) >= 11 is 0. The molecule has 9 heavy (non-hydrogen) atoms. The van der Waals surface area contributed by atoms with Gasteiger partial charge in [-0.15, -0.1) is 10.7 Å². The highest BCUT2D eigenvalue weighted by molar-refractivity contribution is 8.12. The Morgan fingerprint density at radius 2 is 2.33 bits per heavy atom. The Labute approximate surface area is 58.9 Å². The Morgan fingerprint density at radius 1 is 1.56 bits per heavy atom. The zero-order valence-electron chi connectivity index (χ0n) is 5.80. The van der Waals surface area contributed by atoms with Crippen LogP contribution < -0.4 is 0 Å². The van der Waals surface area contributed by atoms with Crippen LogP contribution in [0.25, 0.3) is 0 Å². The molecule has 1 atom stereocenters. The second-order valence-electron chi connectivity index (χ2n) is 2.13. The minimum Gasteiger partial charge on any atom is -0.379 e. The molecule has 1 heterocycles. The van der Waals surface area contributed by atoms with Crippen LogP contribution in [-0.4, -0.2) is 42.7 Å². The summed E-state index contributed by atoms with van der Waals surface area (Å²) in [5.74, 6) is 5.11. The van der Waals surface area contributed by atoms with Gasteiger partial charge in [-0.05, 0) is 7.05 Å². The van der Waals surface area contributed by atoms with Crippen LogP contribution in [-0.2, 0) is 4.74 Å². The predicted molar refractivity (Wildman–Crippen MR) is 43.0 cm³/mol. The molecule has 2 nitrogen and oxygen atoms in total. The number of hydrogen-bond acceptors (Lipinski definition) is 2. The van der Waals surface area contributed by atoms with Crippen molar-refractivity contribution in [3.63, 3.8) is 0 Å². The fourth-order valence-corrected chi connectivity index (χ4v) is 1.69. The quantitative estimate of drug-likeness (QED) is 0.464. The van der Waals surface area contributed by atoms with Crippen molar-refractivity contribution in [2.24, 2.45) is 0 Å². The molecule has 1 rings (SSSR count). The van der Waals surface area contributed by atoms with Crippen molar-refractivity contribution in [2.45, 2.75) is 0 Å². The van der Waals surface area contributed by atoms with E-state index in [1.807, 2.05) is 0 Å². The Balaban J connectivity index is 2.41. The van der Waals surface area contributed by atoms with Gasteiger partial charge in [-0.25, -0.2) is 0 Å². The predicted octanol–water partition coefficient (Wildman–Crippen LogP) is 0.564. The van der Waals surface area contributed by atoms with Gasteiger partial charge in [0, 0.05) is 12.3 Å². The molecule has 1 fully saturated rings. The summed E-state index contributed by atoms with van der Waals surface area (Å²) in [6.45, 7) is 2.79. The van der Waals surface area contributed by atoms with Crippen LogP contribution in [0.15, 0.2) is 0 Å². The zero-order valence-corrected chi connectivity index (χ0v) is 6.62. The summed E-state index contributed by atoms with van der Waals surface area (Å²) in [5.41, 5.74) is 0. The van der Waals surface area contributed by atoms with Crippen molar-refractivity contribution >= 4 is 16.5 Å². The van der Waals surface area contributed by atoms with Crippen molar-refractivity contribution in [1.82, 2.24) is 4.31 Å². The molecule has 1 aliphatic rings. The Bertz CT molecular complexity index is 116. The fourth-order valence-electron chi connectivity index (χ4n) is 0.735. The van der Waals surface area contributed by atoms with E-state index in [1.54, 1.807) is 0 Å². The smallest absolute Gasteiger partial charge is 0.0602 e. The molecular weight excluding hydrogens is 134 g/mol. The summed E-state index contributed by atoms with van der Waals surface area (Å²) in [4.78, 5) is 0. The van der Waals surface area contributed by atoms with Crippen molar-refractivity contribution in [1.29, 1.82) is 0 Å². The number of nitrogens with zero attached hydrogens (tertiary/aromatic N) is 1. The summed E-state index contributed by atoms with van der Waals surface area (Å²) in [6.07, 6.45) is 0. The van der Waals surface area contributed by atoms with Gasteiger partial charge >= 0.3 is 0 Å². The van der Waals surface area contributed by atoms with E-state index in [0.29, 0.717) is 0 Å². The van der Waals surface area contributed by atoms with E-state index in [1.165, 1.54) is 0 Å². The highest BCUT2D eigenvalue weighted by atomic mass is 32.2. The Hall–Kier alpha value is 0.140. The summed E-state index contributed by atoms with van der Waals surface area (Å²) in [6, 6.07) is 0. The van der Waals surface area contributed by atoms with E-state index < -0.39 is 0 Å². The molecule has 0 spiro atoms. The van der Waals surface area contributed by atoms with Crippen molar-refractivity contribution in [2.75, 3.05) is 32.6 Å². The molecule has 1 aliphatic heterocycles. The molecule has 3 heteroatoms. The monoisotopic (exact) mass is 147 g/mol. The second-order valence-corrected chi connectivity index (χ2v) is 4.09. The number of rotatable bonds is 0. The standard InChI is InChI=1S/C6H13NOS/c1-7-3-4-8-5-6-9(7)2/h2-6H2,1H3. The van der Waals surface area contributed by atoms with E-state index in [0.717, 1.165) is 25.5 Å². The molecule has 1 saturated heterocycles. The molecule has 0 aromatic carbocycles. The van der Waals surface area contributed by atoms with Crippen LogP contribution in [0.3, 0.4) is 0 Å². The van der Waals surface area contributed by atoms with Crippen LogP contribution in [0.5, 0.6) is 0 Å². The maximum atomic E-state index is 5.26. The van der Waals surface area contributed by atoms with Crippen LogP contribution in [0, 0.1) is 0 Å². The summed E-state index contributed by atoms with van der Waals surface area (Å²) in [7, 11) is 2.31.